The van der Waals surface area contributed by atoms with E-state index in [0.29, 0.717) is 11.4 Å². The number of carbonyl (C=O) groups is 3. The largest absolute Gasteiger partial charge is 0.495 e. The standard InChI is InChI=1S/C24H23N3O7S/c1-15(23(29)26-18-11-7-16(8-12-18)22(25)28)34-24(30)17-9-13-19(14-10-17)35(31,32)27-20-5-3-4-6-21(20)33-2/h3-15,27H,1-2H3,(H2,25,28)(H,26,29). The maximum absolute atomic E-state index is 12.7. The maximum Gasteiger partial charge on any atom is 0.338 e. The molecule has 182 valence electrons. The number of amides is 2. The van der Waals surface area contributed by atoms with Gasteiger partial charge in [0.05, 0.1) is 23.3 Å². The normalized spacial score (nSPS) is 11.7. The lowest BCUT2D eigenvalue weighted by Gasteiger charge is -2.14. The summed E-state index contributed by atoms with van der Waals surface area (Å²) in [5.41, 5.74) is 6.18. The molecule has 0 bridgehead atoms. The van der Waals surface area contributed by atoms with Gasteiger partial charge >= 0.3 is 5.97 Å². The highest BCUT2D eigenvalue weighted by Crippen LogP contribution is 2.26. The van der Waals surface area contributed by atoms with Crippen molar-refractivity contribution in [2.24, 2.45) is 5.73 Å². The van der Waals surface area contributed by atoms with Crippen molar-refractivity contribution in [3.05, 3.63) is 83.9 Å². The first-order chi connectivity index (χ1) is 16.6. The van der Waals surface area contributed by atoms with Gasteiger partial charge < -0.3 is 20.5 Å². The first-order valence-electron chi connectivity index (χ1n) is 10.3. The number of rotatable bonds is 9. The molecule has 35 heavy (non-hydrogen) atoms. The quantitative estimate of drug-likeness (QED) is 0.384. The van der Waals surface area contributed by atoms with Crippen LogP contribution in [0.1, 0.15) is 27.6 Å². The molecule has 0 spiro atoms. The number of benzene rings is 3. The summed E-state index contributed by atoms with van der Waals surface area (Å²) < 4.78 is 38.1. The molecule has 3 aromatic carbocycles. The summed E-state index contributed by atoms with van der Waals surface area (Å²) in [5, 5.41) is 2.56. The van der Waals surface area contributed by atoms with Gasteiger partial charge in [-0.1, -0.05) is 12.1 Å². The molecule has 0 saturated carbocycles. The summed E-state index contributed by atoms with van der Waals surface area (Å²) in [5.74, 6) is -1.64. The van der Waals surface area contributed by atoms with E-state index in [4.69, 9.17) is 15.2 Å². The summed E-state index contributed by atoms with van der Waals surface area (Å²) >= 11 is 0. The van der Waals surface area contributed by atoms with Gasteiger partial charge in [0.25, 0.3) is 15.9 Å². The lowest BCUT2D eigenvalue weighted by molar-refractivity contribution is -0.123. The van der Waals surface area contributed by atoms with Crippen LogP contribution in [0, 0.1) is 0 Å². The fourth-order valence-corrected chi connectivity index (χ4v) is 4.02. The molecular formula is C24H23N3O7S. The second-order valence-corrected chi connectivity index (χ2v) is 8.99. The van der Waals surface area contributed by atoms with E-state index in [1.54, 1.807) is 24.3 Å². The monoisotopic (exact) mass is 497 g/mol. The lowest BCUT2D eigenvalue weighted by atomic mass is 10.2. The minimum absolute atomic E-state index is 0.0618. The number of ether oxygens (including phenoxy) is 2. The van der Waals surface area contributed by atoms with Crippen LogP contribution >= 0.6 is 0 Å². The topological polar surface area (TPSA) is 154 Å². The van der Waals surface area contributed by atoms with Gasteiger partial charge in [-0.05, 0) is 67.6 Å². The minimum Gasteiger partial charge on any atom is -0.495 e. The molecule has 0 radical (unpaired) electrons. The molecule has 2 amide bonds. The van der Waals surface area contributed by atoms with Crippen LogP contribution in [0.25, 0.3) is 0 Å². The van der Waals surface area contributed by atoms with Crippen molar-refractivity contribution in [2.75, 3.05) is 17.1 Å². The first-order valence-corrected chi connectivity index (χ1v) is 11.8. The van der Waals surface area contributed by atoms with Gasteiger partial charge in [0.15, 0.2) is 6.10 Å². The number of methoxy groups -OCH3 is 1. The Labute approximate surface area is 202 Å². The van der Waals surface area contributed by atoms with Gasteiger partial charge in [-0.3, -0.25) is 14.3 Å². The van der Waals surface area contributed by atoms with Crippen LogP contribution in [0.15, 0.2) is 77.7 Å². The predicted molar refractivity (Wildman–Crippen MR) is 129 cm³/mol. The number of para-hydroxylation sites is 2. The fourth-order valence-electron chi connectivity index (χ4n) is 2.95. The molecule has 1 atom stereocenters. The van der Waals surface area contributed by atoms with Crippen LogP contribution < -0.4 is 20.5 Å². The van der Waals surface area contributed by atoms with Gasteiger partial charge in [-0.15, -0.1) is 0 Å². The zero-order chi connectivity index (χ0) is 25.6. The van der Waals surface area contributed by atoms with Crippen LogP contribution in [0.2, 0.25) is 0 Å². The number of hydrogen-bond acceptors (Lipinski definition) is 7. The zero-order valence-corrected chi connectivity index (χ0v) is 19.7. The van der Waals surface area contributed by atoms with Gasteiger partial charge in [0.1, 0.15) is 5.75 Å². The molecule has 10 nitrogen and oxygen atoms in total. The number of anilines is 2. The van der Waals surface area contributed by atoms with Crippen molar-refractivity contribution in [3.8, 4) is 5.75 Å². The van der Waals surface area contributed by atoms with E-state index >= 15 is 0 Å². The van der Waals surface area contributed by atoms with Crippen LogP contribution in [-0.4, -0.2) is 39.4 Å². The van der Waals surface area contributed by atoms with Crippen molar-refractivity contribution < 1.29 is 32.3 Å². The zero-order valence-electron chi connectivity index (χ0n) is 18.8. The highest BCUT2D eigenvalue weighted by Gasteiger charge is 2.21. The number of nitrogens with one attached hydrogen (secondary N) is 2. The third kappa shape index (κ3) is 6.36. The van der Waals surface area contributed by atoms with Crippen molar-refractivity contribution >= 4 is 39.2 Å². The number of nitrogens with two attached hydrogens (primary N) is 1. The smallest absolute Gasteiger partial charge is 0.338 e. The van der Waals surface area contributed by atoms with Gasteiger partial charge in [-0.25, -0.2) is 13.2 Å². The van der Waals surface area contributed by atoms with Gasteiger partial charge in [-0.2, -0.15) is 0 Å². The maximum atomic E-state index is 12.7. The van der Waals surface area contributed by atoms with Crippen LogP contribution in [0.4, 0.5) is 11.4 Å². The Bertz CT molecular complexity index is 1340. The van der Waals surface area contributed by atoms with Gasteiger partial charge in [0.2, 0.25) is 5.91 Å². The Morgan fingerprint density at radius 1 is 0.886 bits per heavy atom. The Morgan fingerprint density at radius 2 is 1.49 bits per heavy atom. The molecule has 1 unspecified atom stereocenters. The van der Waals surface area contributed by atoms with Crippen LogP contribution in [0.5, 0.6) is 5.75 Å². The molecule has 0 heterocycles. The summed E-state index contributed by atoms with van der Waals surface area (Å²) in [4.78, 5) is 35.8. The molecule has 0 aliphatic heterocycles. The second-order valence-electron chi connectivity index (χ2n) is 7.31. The summed E-state index contributed by atoms with van der Waals surface area (Å²) in [6.07, 6.45) is -1.14. The Morgan fingerprint density at radius 3 is 2.09 bits per heavy atom. The first kappa shape index (κ1) is 25.2. The lowest BCUT2D eigenvalue weighted by Crippen LogP contribution is -2.30. The summed E-state index contributed by atoms with van der Waals surface area (Å²) in [6.45, 7) is 1.39. The van der Waals surface area contributed by atoms with Crippen molar-refractivity contribution in [1.82, 2.24) is 0 Å². The molecule has 0 fully saturated rings. The number of esters is 1. The SMILES string of the molecule is COc1ccccc1NS(=O)(=O)c1ccc(C(=O)OC(C)C(=O)Nc2ccc(C(N)=O)cc2)cc1. The van der Waals surface area contributed by atoms with Crippen LogP contribution in [-0.2, 0) is 19.6 Å². The summed E-state index contributed by atoms with van der Waals surface area (Å²) in [7, 11) is -2.52. The molecule has 4 N–H and O–H groups in total. The Balaban J connectivity index is 1.62. The molecule has 3 aromatic rings. The molecule has 3 rings (SSSR count). The highest BCUT2D eigenvalue weighted by atomic mass is 32.2. The Kier molecular flexibility index (Phi) is 7.72. The molecule has 0 aliphatic rings. The van der Waals surface area contributed by atoms with E-state index in [1.807, 2.05) is 0 Å². The molecule has 0 saturated heterocycles. The van der Waals surface area contributed by atoms with E-state index < -0.39 is 33.9 Å². The number of carbonyl (C=O) groups excluding carboxylic acids is 3. The molecule has 11 heteroatoms. The fraction of sp³-hybridized carbons (Fsp3) is 0.125. The van der Waals surface area contributed by atoms with Gasteiger partial charge in [0, 0.05) is 11.3 Å². The predicted octanol–water partition coefficient (Wildman–Crippen LogP) is 2.78. The van der Waals surface area contributed by atoms with Crippen molar-refractivity contribution in [2.45, 2.75) is 17.9 Å². The third-order valence-corrected chi connectivity index (χ3v) is 6.22. The average molecular weight is 498 g/mol. The van der Waals surface area contributed by atoms with E-state index in [2.05, 4.69) is 10.0 Å². The number of sulfonamides is 1. The highest BCUT2D eigenvalue weighted by molar-refractivity contribution is 7.92. The van der Waals surface area contributed by atoms with E-state index in [1.165, 1.54) is 62.6 Å². The van der Waals surface area contributed by atoms with E-state index in [-0.39, 0.29) is 21.7 Å². The average Bonchev–Trinajstić information content (AvgIpc) is 2.84. The van der Waals surface area contributed by atoms with Crippen molar-refractivity contribution in [3.63, 3.8) is 0 Å². The molecular weight excluding hydrogens is 474 g/mol. The minimum atomic E-state index is -3.94. The van der Waals surface area contributed by atoms with E-state index in [9.17, 15) is 22.8 Å². The van der Waals surface area contributed by atoms with Crippen molar-refractivity contribution in [1.29, 1.82) is 0 Å². The second kappa shape index (κ2) is 10.7. The molecule has 0 aliphatic carbocycles. The van der Waals surface area contributed by atoms with E-state index in [0.717, 1.165) is 0 Å². The third-order valence-electron chi connectivity index (χ3n) is 4.84. The molecule has 0 aromatic heterocycles. The number of hydrogen-bond donors (Lipinski definition) is 3. The summed E-state index contributed by atoms with van der Waals surface area (Å²) in [6, 6.07) is 17.5. The Hall–Kier alpha value is -4.38. The number of primary amides is 1. The van der Waals surface area contributed by atoms with Crippen LogP contribution in [0.3, 0.4) is 0 Å².